The summed E-state index contributed by atoms with van der Waals surface area (Å²) in [5, 5.41) is 0. The van der Waals surface area contributed by atoms with Gasteiger partial charge in [-0.25, -0.2) is 0 Å². The molecule has 2 rings (SSSR count). The van der Waals surface area contributed by atoms with Crippen molar-refractivity contribution in [3.05, 3.63) is 0 Å². The van der Waals surface area contributed by atoms with Gasteiger partial charge in [-0.15, -0.1) is 0 Å². The maximum Gasteiger partial charge on any atom is 0.282 e. The van der Waals surface area contributed by atoms with Crippen LogP contribution in [0.2, 0.25) is 0 Å². The molecule has 0 aromatic carbocycles. The summed E-state index contributed by atoms with van der Waals surface area (Å²) in [4.78, 5) is 0. The van der Waals surface area contributed by atoms with Crippen LogP contribution in [-0.4, -0.2) is 49.8 Å². The Hall–Kier alpha value is -0.170. The molecule has 2 fully saturated rings. The van der Waals surface area contributed by atoms with Gasteiger partial charge in [-0.05, 0) is 37.1 Å². The largest absolute Gasteiger partial charge is 0.330 e. The third kappa shape index (κ3) is 2.71. The molecule has 106 valence electrons. The average molecular weight is 275 g/mol. The molecule has 2 aliphatic rings. The molecule has 6 heteroatoms. The molecule has 18 heavy (non-hydrogen) atoms. The zero-order chi connectivity index (χ0) is 13.3. The molecule has 0 aromatic heterocycles. The van der Waals surface area contributed by atoms with Gasteiger partial charge >= 0.3 is 0 Å². The van der Waals surface area contributed by atoms with Crippen LogP contribution in [0.4, 0.5) is 0 Å². The summed E-state index contributed by atoms with van der Waals surface area (Å²) in [5.74, 6) is 1.23. The zero-order valence-electron chi connectivity index (χ0n) is 11.4. The molecule has 0 saturated carbocycles. The van der Waals surface area contributed by atoms with E-state index in [2.05, 4.69) is 13.8 Å². The highest BCUT2D eigenvalue weighted by Crippen LogP contribution is 2.28. The highest BCUT2D eigenvalue weighted by Gasteiger charge is 2.38. The van der Waals surface area contributed by atoms with Crippen molar-refractivity contribution in [1.29, 1.82) is 0 Å². The van der Waals surface area contributed by atoms with E-state index in [1.165, 1.54) is 0 Å². The van der Waals surface area contributed by atoms with Crippen LogP contribution in [0.1, 0.15) is 26.7 Å². The van der Waals surface area contributed by atoms with Gasteiger partial charge in [0, 0.05) is 26.2 Å². The van der Waals surface area contributed by atoms with Crippen molar-refractivity contribution in [2.24, 2.45) is 23.5 Å². The summed E-state index contributed by atoms with van der Waals surface area (Å²) in [6.07, 6.45) is 1.98. The lowest BCUT2D eigenvalue weighted by molar-refractivity contribution is 0.254. The maximum atomic E-state index is 12.6. The zero-order valence-corrected chi connectivity index (χ0v) is 12.2. The standard InChI is InChI=1S/C12H25N3O2S/c1-10-7-15(8-11(10)2)18(16,17)14-5-3-4-12(6-13)9-14/h10-12H,3-9,13H2,1-2H3. The van der Waals surface area contributed by atoms with Crippen LogP contribution in [0.15, 0.2) is 0 Å². The van der Waals surface area contributed by atoms with Gasteiger partial charge in [0.25, 0.3) is 10.2 Å². The van der Waals surface area contributed by atoms with Gasteiger partial charge in [-0.2, -0.15) is 17.0 Å². The fourth-order valence-corrected chi connectivity index (χ4v) is 4.79. The summed E-state index contributed by atoms with van der Waals surface area (Å²) in [5.41, 5.74) is 5.67. The van der Waals surface area contributed by atoms with Crippen molar-refractivity contribution in [1.82, 2.24) is 8.61 Å². The number of nitrogens with zero attached hydrogens (tertiary/aromatic N) is 2. The van der Waals surface area contributed by atoms with Gasteiger partial charge in [-0.3, -0.25) is 0 Å². The quantitative estimate of drug-likeness (QED) is 0.815. The number of hydrogen-bond acceptors (Lipinski definition) is 3. The van der Waals surface area contributed by atoms with E-state index in [1.807, 2.05) is 0 Å². The first-order valence-electron chi connectivity index (χ1n) is 6.90. The normalized spacial score (nSPS) is 36.1. The number of hydrogen-bond donors (Lipinski definition) is 1. The van der Waals surface area contributed by atoms with Gasteiger partial charge in [0.05, 0.1) is 0 Å². The second-order valence-electron chi connectivity index (χ2n) is 5.88. The van der Waals surface area contributed by atoms with Gasteiger partial charge in [0.2, 0.25) is 0 Å². The highest BCUT2D eigenvalue weighted by molar-refractivity contribution is 7.86. The second kappa shape index (κ2) is 5.45. The van der Waals surface area contributed by atoms with E-state index in [9.17, 15) is 8.42 Å². The van der Waals surface area contributed by atoms with Crippen LogP contribution in [0.25, 0.3) is 0 Å². The lowest BCUT2D eigenvalue weighted by Crippen LogP contribution is -2.48. The Morgan fingerprint density at radius 3 is 2.28 bits per heavy atom. The number of piperidine rings is 1. The summed E-state index contributed by atoms with van der Waals surface area (Å²) in [7, 11) is -3.26. The Balaban J connectivity index is 2.06. The molecular weight excluding hydrogens is 250 g/mol. The van der Waals surface area contributed by atoms with E-state index >= 15 is 0 Å². The predicted octanol–water partition coefficient (Wildman–Crippen LogP) is 0.490. The first kappa shape index (κ1) is 14.2. The summed E-state index contributed by atoms with van der Waals surface area (Å²) in [6.45, 7) is 7.40. The molecule has 0 spiro atoms. The number of rotatable bonds is 3. The van der Waals surface area contributed by atoms with Crippen molar-refractivity contribution in [2.45, 2.75) is 26.7 Å². The summed E-state index contributed by atoms with van der Waals surface area (Å²) >= 11 is 0. The van der Waals surface area contributed by atoms with Gasteiger partial charge in [0.1, 0.15) is 0 Å². The molecule has 2 heterocycles. The lowest BCUT2D eigenvalue weighted by atomic mass is 10.0. The minimum absolute atomic E-state index is 0.325. The molecule has 3 unspecified atom stereocenters. The fourth-order valence-electron chi connectivity index (χ4n) is 2.86. The monoisotopic (exact) mass is 275 g/mol. The Morgan fingerprint density at radius 1 is 1.11 bits per heavy atom. The van der Waals surface area contributed by atoms with Crippen LogP contribution < -0.4 is 5.73 Å². The Kier molecular flexibility index (Phi) is 4.31. The van der Waals surface area contributed by atoms with Gasteiger partial charge < -0.3 is 5.73 Å². The van der Waals surface area contributed by atoms with Crippen LogP contribution in [-0.2, 0) is 10.2 Å². The van der Waals surface area contributed by atoms with Crippen LogP contribution in [0, 0.1) is 17.8 Å². The molecule has 0 amide bonds. The minimum Gasteiger partial charge on any atom is -0.330 e. The van der Waals surface area contributed by atoms with E-state index in [0.29, 0.717) is 50.5 Å². The molecule has 0 aromatic rings. The van der Waals surface area contributed by atoms with E-state index in [0.717, 1.165) is 12.8 Å². The van der Waals surface area contributed by atoms with E-state index in [-0.39, 0.29) is 0 Å². The van der Waals surface area contributed by atoms with Crippen LogP contribution >= 0.6 is 0 Å². The molecule has 2 aliphatic heterocycles. The SMILES string of the molecule is CC1CN(S(=O)(=O)N2CCCC(CN)C2)CC1C. The fraction of sp³-hybridized carbons (Fsp3) is 1.00. The molecule has 0 aliphatic carbocycles. The minimum atomic E-state index is -3.26. The van der Waals surface area contributed by atoms with Crippen molar-refractivity contribution in [3.63, 3.8) is 0 Å². The second-order valence-corrected chi connectivity index (χ2v) is 7.81. The molecule has 0 radical (unpaired) electrons. The topological polar surface area (TPSA) is 66.6 Å². The summed E-state index contributed by atoms with van der Waals surface area (Å²) < 4.78 is 28.4. The molecule has 5 nitrogen and oxygen atoms in total. The molecular formula is C12H25N3O2S. The van der Waals surface area contributed by atoms with Crippen molar-refractivity contribution in [3.8, 4) is 0 Å². The highest BCUT2D eigenvalue weighted by atomic mass is 32.2. The van der Waals surface area contributed by atoms with Crippen molar-refractivity contribution >= 4 is 10.2 Å². The first-order chi connectivity index (χ1) is 8.45. The van der Waals surface area contributed by atoms with Gasteiger partial charge in [-0.1, -0.05) is 13.8 Å². The van der Waals surface area contributed by atoms with E-state index < -0.39 is 10.2 Å². The third-order valence-corrected chi connectivity index (χ3v) is 6.36. The summed E-state index contributed by atoms with van der Waals surface area (Å²) in [6, 6.07) is 0. The Labute approximate surface area is 110 Å². The lowest BCUT2D eigenvalue weighted by Gasteiger charge is -2.34. The molecule has 0 bridgehead atoms. The average Bonchev–Trinajstić information content (AvgIpc) is 2.70. The smallest absolute Gasteiger partial charge is 0.282 e. The first-order valence-corrected chi connectivity index (χ1v) is 8.30. The molecule has 2 N–H and O–H groups in total. The number of nitrogens with two attached hydrogens (primary N) is 1. The van der Waals surface area contributed by atoms with E-state index in [4.69, 9.17) is 5.73 Å². The van der Waals surface area contributed by atoms with Crippen molar-refractivity contribution in [2.75, 3.05) is 32.7 Å². The maximum absolute atomic E-state index is 12.6. The molecule has 3 atom stereocenters. The van der Waals surface area contributed by atoms with Crippen LogP contribution in [0.3, 0.4) is 0 Å². The van der Waals surface area contributed by atoms with E-state index in [1.54, 1.807) is 8.61 Å². The Morgan fingerprint density at radius 2 is 1.72 bits per heavy atom. The third-order valence-electron chi connectivity index (χ3n) is 4.42. The van der Waals surface area contributed by atoms with Gasteiger partial charge in [0.15, 0.2) is 0 Å². The van der Waals surface area contributed by atoms with Crippen LogP contribution in [0.5, 0.6) is 0 Å². The Bertz CT molecular complexity index is 375. The predicted molar refractivity (Wildman–Crippen MR) is 72.2 cm³/mol. The molecule has 2 saturated heterocycles. The van der Waals surface area contributed by atoms with Crippen molar-refractivity contribution < 1.29 is 8.42 Å².